The molecule has 7 heteroatoms. The van der Waals surface area contributed by atoms with Gasteiger partial charge in [-0.05, 0) is 75.7 Å². The number of nitrogens with one attached hydrogen (secondary N) is 1. The second kappa shape index (κ2) is 9.48. The smallest absolute Gasteiger partial charge is 0.374 e. The maximum Gasteiger partial charge on any atom is 0.374 e. The maximum absolute atomic E-state index is 12.0. The van der Waals surface area contributed by atoms with E-state index in [1.165, 1.54) is 24.8 Å². The Morgan fingerprint density at radius 3 is 2.46 bits per heavy atom. The van der Waals surface area contributed by atoms with Crippen LogP contribution in [0.4, 0.5) is 5.82 Å². The van der Waals surface area contributed by atoms with Crippen LogP contribution in [0.1, 0.15) is 86.7 Å². The maximum atomic E-state index is 12.0. The van der Waals surface area contributed by atoms with E-state index in [0.717, 1.165) is 56.4 Å². The largest absolute Gasteiger partial charge is 0.475 e. The molecule has 0 saturated heterocycles. The molecule has 37 heavy (non-hydrogen) atoms. The molecule has 3 saturated carbocycles. The summed E-state index contributed by atoms with van der Waals surface area (Å²) < 4.78 is 2.33. The van der Waals surface area contributed by atoms with Gasteiger partial charge in [-0.2, -0.15) is 0 Å². The molecule has 1 atom stereocenters. The molecule has 7 nitrogen and oxygen atoms in total. The number of anilines is 1. The van der Waals surface area contributed by atoms with Crippen molar-refractivity contribution >= 4 is 23.0 Å². The van der Waals surface area contributed by atoms with E-state index in [1.807, 2.05) is 6.07 Å². The molecule has 1 aromatic carbocycles. The summed E-state index contributed by atoms with van der Waals surface area (Å²) in [6, 6.07) is 10.8. The highest BCUT2D eigenvalue weighted by atomic mass is 16.4. The van der Waals surface area contributed by atoms with Gasteiger partial charge in [0.05, 0.1) is 5.41 Å². The van der Waals surface area contributed by atoms with Crippen molar-refractivity contribution in [3.8, 4) is 12.3 Å². The van der Waals surface area contributed by atoms with Crippen LogP contribution in [-0.2, 0) is 12.0 Å². The molecule has 3 aliphatic rings. The molecule has 2 heterocycles. The topological polar surface area (TPSA) is 92.9 Å². The summed E-state index contributed by atoms with van der Waals surface area (Å²) in [4.78, 5) is 26.1. The van der Waals surface area contributed by atoms with Gasteiger partial charge in [-0.25, -0.2) is 19.7 Å². The summed E-state index contributed by atoms with van der Waals surface area (Å²) in [6.45, 7) is 2.99. The van der Waals surface area contributed by atoms with Gasteiger partial charge in [-0.15, -0.1) is 12.3 Å². The number of hydrogen-bond acceptors (Lipinski definition) is 5. The van der Waals surface area contributed by atoms with Gasteiger partial charge in [0.15, 0.2) is 11.5 Å². The first-order chi connectivity index (χ1) is 18.0. The lowest BCUT2D eigenvalue weighted by molar-refractivity contribution is 0.0684. The molecule has 0 spiro atoms. The number of aromatic carboxylic acids is 1. The SMILES string of the molecule is C#CC1CCC(Cn2c(C3(c4ccccc4)CC3)nc3nc(C(=O)O)nc(N[C@H](C)C4CCC4)c32)CC1. The summed E-state index contributed by atoms with van der Waals surface area (Å²) in [7, 11) is 0. The number of rotatable bonds is 8. The van der Waals surface area contributed by atoms with Crippen molar-refractivity contribution in [1.29, 1.82) is 0 Å². The number of terminal acetylenes is 1. The number of carbonyl (C=O) groups is 1. The van der Waals surface area contributed by atoms with Gasteiger partial charge in [0.25, 0.3) is 0 Å². The molecule has 0 amide bonds. The van der Waals surface area contributed by atoms with E-state index < -0.39 is 5.97 Å². The standard InChI is InChI=1S/C30H35N5O2/c1-3-20-12-14-21(15-13-20)18-35-24-25(31-19(2)22-8-7-9-22)32-27(28(36)37)33-26(24)34-29(35)30(16-17-30)23-10-5-4-6-11-23/h1,4-6,10-11,19-22H,7-9,12-18H2,2H3,(H,36,37)(H,31,32,33)/t19-,20?,21?/m1/s1. The van der Waals surface area contributed by atoms with Gasteiger partial charge in [-0.3, -0.25) is 0 Å². The Kier molecular flexibility index (Phi) is 6.14. The summed E-state index contributed by atoms with van der Waals surface area (Å²) in [5.41, 5.74) is 2.40. The van der Waals surface area contributed by atoms with Crippen molar-refractivity contribution in [3.63, 3.8) is 0 Å². The average Bonchev–Trinajstić information content (AvgIpc) is 3.60. The Morgan fingerprint density at radius 2 is 1.86 bits per heavy atom. The molecule has 0 radical (unpaired) electrons. The summed E-state index contributed by atoms with van der Waals surface area (Å²) >= 11 is 0. The normalized spacial score (nSPS) is 23.7. The van der Waals surface area contributed by atoms with Crippen molar-refractivity contribution in [2.24, 2.45) is 17.8 Å². The minimum Gasteiger partial charge on any atom is -0.475 e. The van der Waals surface area contributed by atoms with E-state index in [0.29, 0.717) is 29.2 Å². The first-order valence-corrected chi connectivity index (χ1v) is 13.8. The zero-order valence-corrected chi connectivity index (χ0v) is 21.5. The Morgan fingerprint density at radius 1 is 1.14 bits per heavy atom. The predicted molar refractivity (Wildman–Crippen MR) is 143 cm³/mol. The highest BCUT2D eigenvalue weighted by Gasteiger charge is 2.50. The molecule has 3 aromatic rings. The molecule has 6 rings (SSSR count). The van der Waals surface area contributed by atoms with Crippen molar-refractivity contribution < 1.29 is 9.90 Å². The molecular weight excluding hydrogens is 462 g/mol. The number of carboxylic acids is 1. The van der Waals surface area contributed by atoms with Gasteiger partial charge >= 0.3 is 5.97 Å². The first-order valence-electron chi connectivity index (χ1n) is 13.8. The van der Waals surface area contributed by atoms with Crippen molar-refractivity contribution in [2.45, 2.75) is 82.7 Å². The van der Waals surface area contributed by atoms with E-state index in [-0.39, 0.29) is 17.3 Å². The van der Waals surface area contributed by atoms with Gasteiger partial charge < -0.3 is 15.0 Å². The number of aromatic nitrogens is 4. The van der Waals surface area contributed by atoms with Crippen molar-refractivity contribution in [3.05, 3.63) is 47.5 Å². The minimum absolute atomic E-state index is 0.168. The van der Waals surface area contributed by atoms with Crippen LogP contribution in [-0.4, -0.2) is 36.6 Å². The fourth-order valence-electron chi connectivity index (χ4n) is 6.34. The lowest BCUT2D eigenvalue weighted by Crippen LogP contribution is -2.31. The van der Waals surface area contributed by atoms with E-state index in [2.05, 4.69) is 57.0 Å². The average molecular weight is 498 g/mol. The van der Waals surface area contributed by atoms with Gasteiger partial charge in [0.2, 0.25) is 5.82 Å². The molecule has 2 aromatic heterocycles. The third kappa shape index (κ3) is 4.37. The molecule has 3 aliphatic carbocycles. The first kappa shape index (κ1) is 24.0. The highest BCUT2D eigenvalue weighted by molar-refractivity contribution is 5.91. The number of nitrogens with zero attached hydrogens (tertiary/aromatic N) is 4. The second-order valence-electron chi connectivity index (χ2n) is 11.4. The second-order valence-corrected chi connectivity index (χ2v) is 11.4. The zero-order valence-electron chi connectivity index (χ0n) is 21.5. The monoisotopic (exact) mass is 497 g/mol. The third-order valence-corrected chi connectivity index (χ3v) is 9.04. The summed E-state index contributed by atoms with van der Waals surface area (Å²) in [5, 5.41) is 13.4. The van der Waals surface area contributed by atoms with E-state index >= 15 is 0 Å². The molecular formula is C30H35N5O2. The lowest BCUT2D eigenvalue weighted by Gasteiger charge is -2.32. The third-order valence-electron chi connectivity index (χ3n) is 9.04. The van der Waals surface area contributed by atoms with Crippen LogP contribution in [0.2, 0.25) is 0 Å². The molecule has 0 unspecified atom stereocenters. The van der Waals surface area contributed by atoms with Crippen LogP contribution < -0.4 is 5.32 Å². The molecule has 0 aliphatic heterocycles. The van der Waals surface area contributed by atoms with Gasteiger partial charge in [0.1, 0.15) is 11.3 Å². The van der Waals surface area contributed by atoms with E-state index in [1.54, 1.807) is 0 Å². The molecule has 2 N–H and O–H groups in total. The fraction of sp³-hybridized carbons (Fsp3) is 0.533. The quantitative estimate of drug-likeness (QED) is 0.391. The van der Waals surface area contributed by atoms with Crippen molar-refractivity contribution in [2.75, 3.05) is 5.32 Å². The van der Waals surface area contributed by atoms with E-state index in [9.17, 15) is 9.90 Å². The Balaban J connectivity index is 1.48. The predicted octanol–water partition coefficient (Wildman–Crippen LogP) is 5.64. The molecule has 192 valence electrons. The Hall–Kier alpha value is -3.40. The van der Waals surface area contributed by atoms with Gasteiger partial charge in [-0.1, -0.05) is 36.8 Å². The number of benzene rings is 1. The highest BCUT2D eigenvalue weighted by Crippen LogP contribution is 2.54. The van der Waals surface area contributed by atoms with Crippen LogP contribution in [0.5, 0.6) is 0 Å². The van der Waals surface area contributed by atoms with Crippen molar-refractivity contribution in [1.82, 2.24) is 19.5 Å². The molecule has 0 bridgehead atoms. The zero-order chi connectivity index (χ0) is 25.6. The van der Waals surface area contributed by atoms with Crippen LogP contribution in [0.3, 0.4) is 0 Å². The number of hydrogen-bond donors (Lipinski definition) is 2. The minimum atomic E-state index is -1.13. The van der Waals surface area contributed by atoms with Crippen LogP contribution >= 0.6 is 0 Å². The summed E-state index contributed by atoms with van der Waals surface area (Å²) in [6.07, 6.45) is 15.7. The van der Waals surface area contributed by atoms with E-state index in [4.69, 9.17) is 11.4 Å². The van der Waals surface area contributed by atoms with Gasteiger partial charge in [0, 0.05) is 18.5 Å². The van der Waals surface area contributed by atoms with Crippen LogP contribution in [0.25, 0.3) is 11.2 Å². The Labute approximate surface area is 218 Å². The number of fused-ring (bicyclic) bond motifs is 1. The Bertz CT molecular complexity index is 1340. The summed E-state index contributed by atoms with van der Waals surface area (Å²) in [5.74, 6) is 4.64. The fourth-order valence-corrected chi connectivity index (χ4v) is 6.34. The lowest BCUT2D eigenvalue weighted by atomic mass is 9.80. The number of imidazole rings is 1. The molecule has 3 fully saturated rings. The van der Waals surface area contributed by atoms with Crippen LogP contribution in [0.15, 0.2) is 30.3 Å². The number of carboxylic acid groups (broad SMARTS) is 1. The van der Waals surface area contributed by atoms with Crippen LogP contribution in [0, 0.1) is 30.1 Å².